The summed E-state index contributed by atoms with van der Waals surface area (Å²) in [5.41, 5.74) is 3.17. The van der Waals surface area contributed by atoms with Gasteiger partial charge in [0.1, 0.15) is 0 Å². The van der Waals surface area contributed by atoms with Gasteiger partial charge in [-0.25, -0.2) is 0 Å². The third-order valence-corrected chi connectivity index (χ3v) is 6.19. The van der Waals surface area contributed by atoms with Gasteiger partial charge in [-0.15, -0.1) is 0 Å². The van der Waals surface area contributed by atoms with Crippen molar-refractivity contribution in [3.63, 3.8) is 0 Å². The number of hydrogen-bond donors (Lipinski definition) is 2. The lowest BCUT2D eigenvalue weighted by atomic mass is 9.78. The van der Waals surface area contributed by atoms with Crippen LogP contribution >= 0.6 is 0 Å². The van der Waals surface area contributed by atoms with Crippen molar-refractivity contribution in [1.82, 2.24) is 9.88 Å². The van der Waals surface area contributed by atoms with E-state index in [0.717, 1.165) is 35.3 Å². The number of aliphatic hydroxyl groups excluding tert-OH is 1. The van der Waals surface area contributed by atoms with E-state index in [4.69, 9.17) is 0 Å². The number of amides is 1. The van der Waals surface area contributed by atoms with E-state index in [-0.39, 0.29) is 6.61 Å². The van der Waals surface area contributed by atoms with E-state index in [9.17, 15) is 9.90 Å². The Bertz CT molecular complexity index is 749. The molecule has 1 aliphatic carbocycles. The molecule has 0 spiro atoms. The van der Waals surface area contributed by atoms with E-state index in [0.29, 0.717) is 18.4 Å². The number of nitrogens with one attached hydrogen (secondary N) is 1. The fourth-order valence-electron chi connectivity index (χ4n) is 4.85. The molecule has 2 fully saturated rings. The van der Waals surface area contributed by atoms with Crippen LogP contribution in [-0.2, 0) is 17.8 Å². The van der Waals surface area contributed by atoms with Crippen LogP contribution in [0.15, 0.2) is 24.4 Å². The van der Waals surface area contributed by atoms with E-state index >= 15 is 0 Å². The predicted octanol–water partition coefficient (Wildman–Crippen LogP) is 3.77. The quantitative estimate of drug-likeness (QED) is 0.890. The van der Waals surface area contributed by atoms with Gasteiger partial charge in [0.05, 0.1) is 6.61 Å². The maximum absolute atomic E-state index is 12.9. The molecule has 25 heavy (non-hydrogen) atoms. The summed E-state index contributed by atoms with van der Waals surface area (Å²) in [6, 6.07) is 6.47. The lowest BCUT2D eigenvalue weighted by molar-refractivity contribution is -0.137. The number of aromatic amines is 1. The molecule has 1 saturated heterocycles. The van der Waals surface area contributed by atoms with Crippen molar-refractivity contribution < 1.29 is 9.90 Å². The summed E-state index contributed by atoms with van der Waals surface area (Å²) in [6.07, 6.45) is 11.0. The topological polar surface area (TPSA) is 56.3 Å². The molecule has 1 amide bonds. The zero-order chi connectivity index (χ0) is 17.2. The molecule has 1 aromatic carbocycles. The Morgan fingerprint density at radius 1 is 1.20 bits per heavy atom. The van der Waals surface area contributed by atoms with Gasteiger partial charge in [0.25, 0.3) is 0 Å². The first-order valence-electron chi connectivity index (χ1n) is 9.75. The second kappa shape index (κ2) is 7.20. The summed E-state index contributed by atoms with van der Waals surface area (Å²) < 4.78 is 0. The summed E-state index contributed by atoms with van der Waals surface area (Å²) in [6.45, 7) is 0.999. The molecule has 0 radical (unpaired) electrons. The minimum Gasteiger partial charge on any atom is -0.392 e. The Hall–Kier alpha value is -1.81. The third kappa shape index (κ3) is 3.32. The highest BCUT2D eigenvalue weighted by Gasteiger charge is 2.35. The number of aliphatic hydroxyl groups is 1. The summed E-state index contributed by atoms with van der Waals surface area (Å²) in [7, 11) is 0. The molecule has 4 nitrogen and oxygen atoms in total. The maximum Gasteiger partial charge on any atom is 0.223 e. The van der Waals surface area contributed by atoms with E-state index in [2.05, 4.69) is 9.88 Å². The van der Waals surface area contributed by atoms with Crippen molar-refractivity contribution in [3.05, 3.63) is 35.5 Å². The van der Waals surface area contributed by atoms with Gasteiger partial charge in [-0.3, -0.25) is 4.79 Å². The molecule has 4 rings (SSSR count). The monoisotopic (exact) mass is 340 g/mol. The van der Waals surface area contributed by atoms with Crippen molar-refractivity contribution in [1.29, 1.82) is 0 Å². The van der Waals surface area contributed by atoms with Crippen LogP contribution in [0.5, 0.6) is 0 Å². The van der Waals surface area contributed by atoms with Gasteiger partial charge in [-0.05, 0) is 61.3 Å². The van der Waals surface area contributed by atoms with Gasteiger partial charge in [-0.2, -0.15) is 0 Å². The van der Waals surface area contributed by atoms with E-state index in [1.807, 2.05) is 24.4 Å². The van der Waals surface area contributed by atoms with Gasteiger partial charge in [0.15, 0.2) is 0 Å². The number of carbonyl (C=O) groups is 1. The highest BCUT2D eigenvalue weighted by atomic mass is 16.3. The lowest BCUT2D eigenvalue weighted by Gasteiger charge is -2.44. The molecule has 2 heterocycles. The fourth-order valence-corrected chi connectivity index (χ4v) is 4.85. The van der Waals surface area contributed by atoms with Crippen LogP contribution in [0.2, 0.25) is 0 Å². The SMILES string of the molecule is O=C(CCc1c[nH]c2ccc(CO)cc12)N1CCCC2CCCCC21. The summed E-state index contributed by atoms with van der Waals surface area (Å²) in [4.78, 5) is 18.4. The van der Waals surface area contributed by atoms with Crippen LogP contribution in [0.25, 0.3) is 10.9 Å². The Kier molecular flexibility index (Phi) is 4.80. The van der Waals surface area contributed by atoms with Crippen molar-refractivity contribution in [2.75, 3.05) is 6.54 Å². The van der Waals surface area contributed by atoms with Crippen LogP contribution in [-0.4, -0.2) is 33.5 Å². The molecule has 2 unspecified atom stereocenters. The molecule has 0 bridgehead atoms. The average Bonchev–Trinajstić information content (AvgIpc) is 3.07. The van der Waals surface area contributed by atoms with Crippen LogP contribution in [0.1, 0.15) is 56.1 Å². The second-order valence-corrected chi connectivity index (χ2v) is 7.69. The fraction of sp³-hybridized carbons (Fsp3) is 0.571. The third-order valence-electron chi connectivity index (χ3n) is 6.19. The molecular formula is C21H28N2O2. The highest BCUT2D eigenvalue weighted by molar-refractivity contribution is 5.85. The van der Waals surface area contributed by atoms with Gasteiger partial charge in [-0.1, -0.05) is 18.9 Å². The molecule has 2 aromatic rings. The second-order valence-electron chi connectivity index (χ2n) is 7.69. The number of rotatable bonds is 4. The van der Waals surface area contributed by atoms with Gasteiger partial charge < -0.3 is 15.0 Å². The van der Waals surface area contributed by atoms with Gasteiger partial charge in [0, 0.05) is 36.1 Å². The predicted molar refractivity (Wildman–Crippen MR) is 99.2 cm³/mol. The minimum absolute atomic E-state index is 0.0519. The highest BCUT2D eigenvalue weighted by Crippen LogP contribution is 2.35. The number of fused-ring (bicyclic) bond motifs is 2. The Labute approximate surface area is 149 Å². The van der Waals surface area contributed by atoms with Crippen LogP contribution in [0, 0.1) is 5.92 Å². The number of likely N-dealkylation sites (tertiary alicyclic amines) is 1. The number of nitrogens with zero attached hydrogens (tertiary/aromatic N) is 1. The number of aryl methyl sites for hydroxylation is 1. The van der Waals surface area contributed by atoms with Crippen LogP contribution in [0.4, 0.5) is 0 Å². The summed E-state index contributed by atoms with van der Waals surface area (Å²) in [5, 5.41) is 10.5. The normalized spacial score (nSPS) is 23.6. The van der Waals surface area contributed by atoms with Crippen molar-refractivity contribution in [2.24, 2.45) is 5.92 Å². The molecule has 1 aliphatic heterocycles. The summed E-state index contributed by atoms with van der Waals surface area (Å²) in [5.74, 6) is 1.07. The summed E-state index contributed by atoms with van der Waals surface area (Å²) >= 11 is 0. The molecular weight excluding hydrogens is 312 g/mol. The number of aromatic nitrogens is 1. The number of piperidine rings is 1. The van der Waals surface area contributed by atoms with Crippen molar-refractivity contribution in [2.45, 2.75) is 64.0 Å². The molecule has 1 saturated carbocycles. The molecule has 2 atom stereocenters. The lowest BCUT2D eigenvalue weighted by Crippen LogP contribution is -2.49. The molecule has 2 aliphatic rings. The Morgan fingerprint density at radius 3 is 2.92 bits per heavy atom. The van der Waals surface area contributed by atoms with E-state index < -0.39 is 0 Å². The van der Waals surface area contributed by atoms with Gasteiger partial charge in [0.2, 0.25) is 5.91 Å². The molecule has 1 aromatic heterocycles. The number of hydrogen-bond acceptors (Lipinski definition) is 2. The van der Waals surface area contributed by atoms with Crippen LogP contribution < -0.4 is 0 Å². The Morgan fingerprint density at radius 2 is 2.04 bits per heavy atom. The first-order chi connectivity index (χ1) is 12.3. The molecule has 2 N–H and O–H groups in total. The zero-order valence-electron chi connectivity index (χ0n) is 14.8. The smallest absolute Gasteiger partial charge is 0.223 e. The Balaban J connectivity index is 1.45. The first kappa shape index (κ1) is 16.6. The number of H-pyrrole nitrogens is 1. The van der Waals surface area contributed by atoms with Crippen LogP contribution in [0.3, 0.4) is 0 Å². The number of carbonyl (C=O) groups excluding carboxylic acids is 1. The minimum atomic E-state index is 0.0519. The van der Waals surface area contributed by atoms with E-state index in [1.165, 1.54) is 44.1 Å². The first-order valence-corrected chi connectivity index (χ1v) is 9.75. The number of benzene rings is 1. The zero-order valence-corrected chi connectivity index (χ0v) is 14.8. The van der Waals surface area contributed by atoms with Gasteiger partial charge >= 0.3 is 0 Å². The van der Waals surface area contributed by atoms with Crippen molar-refractivity contribution in [3.8, 4) is 0 Å². The largest absolute Gasteiger partial charge is 0.392 e. The van der Waals surface area contributed by atoms with E-state index in [1.54, 1.807) is 0 Å². The maximum atomic E-state index is 12.9. The standard InChI is InChI=1S/C21H28N2O2/c24-14-15-7-9-19-18(12-15)17(13-22-19)8-10-21(25)23-11-3-5-16-4-1-2-6-20(16)23/h7,9,12-13,16,20,22,24H,1-6,8,10-11,14H2. The molecule has 4 heteroatoms. The molecule has 134 valence electrons. The van der Waals surface area contributed by atoms with Crippen molar-refractivity contribution >= 4 is 16.8 Å². The average molecular weight is 340 g/mol.